The van der Waals surface area contributed by atoms with Gasteiger partial charge in [0.1, 0.15) is 17.9 Å². The third-order valence-corrected chi connectivity index (χ3v) is 10.9. The van der Waals surface area contributed by atoms with E-state index in [2.05, 4.69) is 37.6 Å². The molecule has 0 spiro atoms. The number of H-pyrrole nitrogens is 1. The summed E-state index contributed by atoms with van der Waals surface area (Å²) in [4.78, 5) is 71.3. The fourth-order valence-corrected chi connectivity index (χ4v) is 7.83. The fraction of sp³-hybridized carbons (Fsp3) is 0.452. The largest absolute Gasteiger partial charge is 0.453 e. The molecule has 3 aromatic rings. The number of carbonyl (C=O) groups is 4. The zero-order valence-corrected chi connectivity index (χ0v) is 32.8. The molecule has 4 heterocycles. The van der Waals surface area contributed by atoms with Crippen molar-refractivity contribution < 1.29 is 28.7 Å². The van der Waals surface area contributed by atoms with E-state index in [4.69, 9.17) is 21.0 Å². The Morgan fingerprint density at radius 2 is 1.38 bits per heavy atom. The minimum Gasteiger partial charge on any atom is -0.453 e. The molecular weight excluding hydrogens is 713 g/mol. The van der Waals surface area contributed by atoms with Crippen LogP contribution in [0, 0.1) is 18.4 Å². The van der Waals surface area contributed by atoms with E-state index in [1.54, 1.807) is 11.1 Å². The Labute approximate surface area is 327 Å². The van der Waals surface area contributed by atoms with Gasteiger partial charge in [0.2, 0.25) is 11.8 Å². The summed E-state index contributed by atoms with van der Waals surface area (Å²) in [6.45, 7) is 16.7. The summed E-state index contributed by atoms with van der Waals surface area (Å²) < 4.78 is 9.51. The maximum atomic E-state index is 13.6. The number of carbonyl (C=O) groups excluding carboxylic acids is 4. The normalized spacial score (nSPS) is 19.0. The summed E-state index contributed by atoms with van der Waals surface area (Å²) in [5.74, 6) is 0.0964. The van der Waals surface area contributed by atoms with Crippen molar-refractivity contribution >= 4 is 41.0 Å². The van der Waals surface area contributed by atoms with Gasteiger partial charge in [-0.2, -0.15) is 0 Å². The monoisotopic (exact) mass is 762 g/mol. The zero-order valence-electron chi connectivity index (χ0n) is 32.8. The molecule has 0 radical (unpaired) electrons. The maximum Gasteiger partial charge on any atom is 0.407 e. The Morgan fingerprint density at radius 3 is 1.95 bits per heavy atom. The number of amides is 4. The number of alkyl carbamates (subject to hydrolysis) is 2. The van der Waals surface area contributed by atoms with Gasteiger partial charge in [-0.05, 0) is 65.8 Å². The van der Waals surface area contributed by atoms with E-state index in [1.165, 1.54) is 14.2 Å². The Bertz CT molecular complexity index is 2060. The van der Waals surface area contributed by atoms with Crippen LogP contribution in [0.25, 0.3) is 32.8 Å². The van der Waals surface area contributed by atoms with E-state index < -0.39 is 24.3 Å². The molecule has 6 rings (SSSR count). The number of aromatic nitrogens is 2. The minimum absolute atomic E-state index is 0.101. The number of ether oxygens (including phenoxy) is 2. The molecule has 294 valence electrons. The van der Waals surface area contributed by atoms with E-state index in [-0.39, 0.29) is 35.7 Å². The van der Waals surface area contributed by atoms with Gasteiger partial charge in [0.25, 0.3) is 0 Å². The summed E-state index contributed by atoms with van der Waals surface area (Å²) in [6.07, 6.45) is 6.16. The Balaban J connectivity index is 1.12. The van der Waals surface area contributed by atoms with E-state index in [0.717, 1.165) is 53.7 Å². The lowest BCUT2D eigenvalue weighted by molar-refractivity contribution is -0.135. The molecule has 14 heteroatoms. The van der Waals surface area contributed by atoms with Gasteiger partial charge in [0.05, 0.1) is 44.8 Å². The first-order valence-electron chi connectivity index (χ1n) is 19.2. The number of methoxy groups -OCH3 is 2. The van der Waals surface area contributed by atoms with Gasteiger partial charge in [-0.25, -0.2) is 19.4 Å². The molecule has 4 atom stereocenters. The second kappa shape index (κ2) is 17.2. The number of nitrogens with one attached hydrogen (secondary N) is 3. The van der Waals surface area contributed by atoms with Gasteiger partial charge in [-0.15, -0.1) is 0 Å². The lowest BCUT2D eigenvalue weighted by atomic mass is 9.95. The summed E-state index contributed by atoms with van der Waals surface area (Å²) in [7, 11) is 2.56. The average Bonchev–Trinajstić information content (AvgIpc) is 4.04. The lowest BCUT2D eigenvalue weighted by Crippen LogP contribution is -2.53. The SMILES string of the molecule is [C-]#[N+]c1cc(-c2ccc(C3=CN=C([C@@H]4CCCN4C(=O)[C@@H](NC(=O)OC)C(C)C)C3)cc2)ccc1-c1cnc([C@@H]2CCCN2C(=O)[C@@H](NC(=O)OC)C(C)C)[nH]1. The molecule has 14 nitrogen and oxygen atoms in total. The molecule has 56 heavy (non-hydrogen) atoms. The first kappa shape index (κ1) is 39.7. The van der Waals surface area contributed by atoms with Gasteiger partial charge in [0, 0.05) is 37.0 Å². The van der Waals surface area contributed by atoms with Gasteiger partial charge in [0.15, 0.2) is 5.69 Å². The number of hydrogen-bond donors (Lipinski definition) is 3. The fourth-order valence-electron chi connectivity index (χ4n) is 7.83. The van der Waals surface area contributed by atoms with Crippen molar-refractivity contribution in [1.82, 2.24) is 30.4 Å². The van der Waals surface area contributed by atoms with Gasteiger partial charge >= 0.3 is 12.2 Å². The summed E-state index contributed by atoms with van der Waals surface area (Å²) >= 11 is 0. The molecule has 1 aromatic heterocycles. The minimum atomic E-state index is -0.726. The first-order valence-corrected chi connectivity index (χ1v) is 19.2. The van der Waals surface area contributed by atoms with Gasteiger partial charge in [-0.1, -0.05) is 64.1 Å². The predicted molar refractivity (Wildman–Crippen MR) is 213 cm³/mol. The maximum absolute atomic E-state index is 13.6. The Morgan fingerprint density at radius 1 is 0.821 bits per heavy atom. The van der Waals surface area contributed by atoms with Crippen LogP contribution in [0.3, 0.4) is 0 Å². The zero-order chi connectivity index (χ0) is 40.1. The quantitative estimate of drug-likeness (QED) is 0.179. The summed E-state index contributed by atoms with van der Waals surface area (Å²) in [6, 6.07) is 12.1. The number of rotatable bonds is 11. The molecule has 4 amide bonds. The van der Waals surface area contributed by atoms with Crippen LogP contribution < -0.4 is 10.6 Å². The van der Waals surface area contributed by atoms with Crippen LogP contribution >= 0.6 is 0 Å². The van der Waals surface area contributed by atoms with Gasteiger partial charge < -0.3 is 34.9 Å². The Kier molecular flexibility index (Phi) is 12.2. The molecule has 0 saturated carbocycles. The summed E-state index contributed by atoms with van der Waals surface area (Å²) in [5, 5.41) is 5.38. The van der Waals surface area contributed by atoms with Crippen molar-refractivity contribution in [3.8, 4) is 22.4 Å². The highest BCUT2D eigenvalue weighted by Crippen LogP contribution is 2.38. The number of aromatic amines is 1. The van der Waals surface area contributed by atoms with Crippen LogP contribution in [-0.4, -0.2) is 94.9 Å². The number of aliphatic imine (C=N–C) groups is 1. The van der Waals surface area contributed by atoms with E-state index in [0.29, 0.717) is 42.3 Å². The second-order valence-electron chi connectivity index (χ2n) is 15.1. The molecule has 2 saturated heterocycles. The van der Waals surface area contributed by atoms with E-state index in [1.807, 2.05) is 69.1 Å². The van der Waals surface area contributed by atoms with Crippen LogP contribution in [-0.2, 0) is 19.1 Å². The van der Waals surface area contributed by atoms with Gasteiger partial charge in [-0.3, -0.25) is 14.6 Å². The van der Waals surface area contributed by atoms with Crippen molar-refractivity contribution in [1.29, 1.82) is 0 Å². The number of imidazole rings is 1. The molecule has 2 fully saturated rings. The topological polar surface area (TPSA) is 163 Å². The molecule has 3 aliphatic heterocycles. The van der Waals surface area contributed by atoms with Crippen molar-refractivity contribution in [2.24, 2.45) is 16.8 Å². The van der Waals surface area contributed by atoms with Crippen molar-refractivity contribution in [2.75, 3.05) is 27.3 Å². The molecule has 3 aliphatic rings. The number of benzene rings is 2. The number of hydrogen-bond acceptors (Lipinski definition) is 8. The highest BCUT2D eigenvalue weighted by atomic mass is 16.5. The average molecular weight is 763 g/mol. The number of likely N-dealkylation sites (tertiary alicyclic amines) is 2. The second-order valence-corrected chi connectivity index (χ2v) is 15.1. The van der Waals surface area contributed by atoms with Crippen LogP contribution in [0.2, 0.25) is 0 Å². The predicted octanol–water partition coefficient (Wildman–Crippen LogP) is 6.90. The van der Waals surface area contributed by atoms with Crippen molar-refractivity contribution in [2.45, 2.75) is 84.0 Å². The van der Waals surface area contributed by atoms with Crippen LogP contribution in [0.1, 0.15) is 77.2 Å². The standard InChI is InChI=1S/C42H50N8O6/c1-24(2)36(47-41(53)55-6)39(51)49-18-8-10-34(49)32-21-29(22-44-32)27-14-12-26(13-15-27)28-16-17-30(31(20-28)43-5)33-23-45-38(46-33)35-11-9-19-50(35)40(52)37(25(3)4)48-42(54)56-7/h12-17,20,22-25,34-37H,8-11,18-19,21H2,1-4,6-7H3,(H,45,46)(H,47,53)(H,48,54)/t34-,35-,36-,37-/m0/s1. The van der Waals surface area contributed by atoms with E-state index >= 15 is 0 Å². The molecule has 3 N–H and O–H groups in total. The van der Waals surface area contributed by atoms with Crippen LogP contribution in [0.15, 0.2) is 59.9 Å². The van der Waals surface area contributed by atoms with Crippen molar-refractivity contribution in [3.63, 3.8) is 0 Å². The number of allylic oxidation sites excluding steroid dienone is 1. The van der Waals surface area contributed by atoms with Crippen LogP contribution in [0.4, 0.5) is 15.3 Å². The highest BCUT2D eigenvalue weighted by Gasteiger charge is 2.39. The Hall–Kier alpha value is -5.97. The molecular formula is C42H50N8O6. The van der Waals surface area contributed by atoms with Crippen molar-refractivity contribution in [3.05, 3.63) is 77.7 Å². The van der Waals surface area contributed by atoms with Crippen LogP contribution in [0.5, 0.6) is 0 Å². The van der Waals surface area contributed by atoms with E-state index in [9.17, 15) is 19.2 Å². The molecule has 0 aliphatic carbocycles. The smallest absolute Gasteiger partial charge is 0.407 e. The lowest BCUT2D eigenvalue weighted by Gasteiger charge is -2.31. The first-order chi connectivity index (χ1) is 26.9. The molecule has 0 bridgehead atoms. The highest BCUT2D eigenvalue weighted by molar-refractivity contribution is 6.04. The third kappa shape index (κ3) is 8.32. The summed E-state index contributed by atoms with van der Waals surface area (Å²) in [5.41, 5.74) is 6.76. The molecule has 2 aromatic carbocycles. The third-order valence-electron chi connectivity index (χ3n) is 10.9. The number of nitrogens with zero attached hydrogens (tertiary/aromatic N) is 5. The molecule has 0 unspecified atom stereocenters.